The third-order valence-electron chi connectivity index (χ3n) is 6.03. The number of carbonyl (C=O) groups excluding carboxylic acids is 2. The first-order valence-corrected chi connectivity index (χ1v) is 12.2. The third kappa shape index (κ3) is 5.25. The highest BCUT2D eigenvalue weighted by Crippen LogP contribution is 2.36. The summed E-state index contributed by atoms with van der Waals surface area (Å²) in [5.74, 6) is -0.558. The molecule has 5 N–H and O–H groups in total. The predicted molar refractivity (Wildman–Crippen MR) is 148 cm³/mol. The number of anilines is 3. The Hall–Kier alpha value is -4.90. The van der Waals surface area contributed by atoms with E-state index in [-0.39, 0.29) is 17.4 Å². The zero-order chi connectivity index (χ0) is 27.7. The van der Waals surface area contributed by atoms with E-state index in [4.69, 9.17) is 31.5 Å². The Bertz CT molecular complexity index is 1680. The van der Waals surface area contributed by atoms with Crippen LogP contribution in [0.5, 0.6) is 0 Å². The average molecular weight is 546 g/mol. The summed E-state index contributed by atoms with van der Waals surface area (Å²) >= 11 is 6.62. The van der Waals surface area contributed by atoms with Crippen molar-refractivity contribution >= 4 is 58.1 Å². The Morgan fingerprint density at radius 1 is 1.15 bits per heavy atom. The maximum Gasteiger partial charge on any atom is 0.338 e. The van der Waals surface area contributed by atoms with Gasteiger partial charge in [-0.15, -0.1) is 0 Å². The molecule has 0 radical (unpaired) electrons. The summed E-state index contributed by atoms with van der Waals surface area (Å²) in [5, 5.41) is 9.32. The van der Waals surface area contributed by atoms with Crippen molar-refractivity contribution in [1.29, 1.82) is 0 Å². The summed E-state index contributed by atoms with van der Waals surface area (Å²) in [4.78, 5) is 38.8. The number of para-hydroxylation sites is 1. The number of guanidine groups is 1. The van der Waals surface area contributed by atoms with E-state index >= 15 is 0 Å². The van der Waals surface area contributed by atoms with Crippen LogP contribution >= 0.6 is 11.6 Å². The van der Waals surface area contributed by atoms with Gasteiger partial charge in [0, 0.05) is 22.5 Å². The van der Waals surface area contributed by atoms with E-state index in [1.54, 1.807) is 31.2 Å². The van der Waals surface area contributed by atoms with Crippen molar-refractivity contribution in [3.05, 3.63) is 87.7 Å². The number of nitrogens with zero attached hydrogens (tertiary/aromatic N) is 3. The standard InChI is InChI=1S/C27H24ClN7O4/c1-13-7-8-16(17(28)11-13)22-21(24(36)33-20-12-15(9-10-30-20)25(37)38-3)14(2)31-26(34-22)35-27-32-19-6-4-5-18(29)23(19)39-27/h4-12,22H,29H2,1-3H3,(H,30,33,36)(H2,31,32,34,35). The van der Waals surface area contributed by atoms with Crippen molar-refractivity contribution in [1.82, 2.24) is 15.3 Å². The second-order valence-corrected chi connectivity index (χ2v) is 9.19. The number of pyridine rings is 1. The number of rotatable bonds is 5. The van der Waals surface area contributed by atoms with Gasteiger partial charge in [0.1, 0.15) is 17.4 Å². The van der Waals surface area contributed by atoms with Gasteiger partial charge in [0.05, 0.1) is 23.9 Å². The largest absolute Gasteiger partial charge is 0.465 e. The summed E-state index contributed by atoms with van der Waals surface area (Å²) in [6, 6.07) is 13.1. The monoisotopic (exact) mass is 545 g/mol. The van der Waals surface area contributed by atoms with E-state index in [1.165, 1.54) is 25.4 Å². The molecule has 0 bridgehead atoms. The van der Waals surface area contributed by atoms with Crippen LogP contribution in [0.4, 0.5) is 17.5 Å². The van der Waals surface area contributed by atoms with Gasteiger partial charge in [-0.25, -0.2) is 14.8 Å². The van der Waals surface area contributed by atoms with E-state index in [2.05, 4.69) is 25.9 Å². The highest BCUT2D eigenvalue weighted by Gasteiger charge is 2.31. The number of halogens is 1. The van der Waals surface area contributed by atoms with Crippen molar-refractivity contribution in [3.63, 3.8) is 0 Å². The zero-order valence-corrected chi connectivity index (χ0v) is 22.0. The van der Waals surface area contributed by atoms with Gasteiger partial charge in [-0.2, -0.15) is 4.98 Å². The first-order chi connectivity index (χ1) is 18.7. The number of ether oxygens (including phenoxy) is 1. The maximum absolute atomic E-state index is 13.6. The van der Waals surface area contributed by atoms with Gasteiger partial charge in [0.25, 0.3) is 5.91 Å². The van der Waals surface area contributed by atoms with Crippen LogP contribution in [-0.4, -0.2) is 34.9 Å². The summed E-state index contributed by atoms with van der Waals surface area (Å²) in [7, 11) is 1.28. The summed E-state index contributed by atoms with van der Waals surface area (Å²) in [5.41, 5.74) is 10.1. The van der Waals surface area contributed by atoms with Crippen molar-refractivity contribution in [3.8, 4) is 0 Å². The first kappa shape index (κ1) is 25.7. The molecule has 0 saturated carbocycles. The molecule has 1 aliphatic rings. The molecular weight excluding hydrogens is 522 g/mol. The molecule has 12 heteroatoms. The second kappa shape index (κ2) is 10.5. The third-order valence-corrected chi connectivity index (χ3v) is 6.36. The fraction of sp³-hybridized carbons (Fsp3) is 0.148. The molecule has 1 amide bonds. The number of nitrogens with two attached hydrogens (primary N) is 1. The SMILES string of the molecule is COC(=O)c1ccnc(NC(=O)C2=C(C)NC(Nc3nc4cccc(N)c4o3)=NC2c2ccc(C)cc2Cl)c1. The summed E-state index contributed by atoms with van der Waals surface area (Å²) in [6.07, 6.45) is 1.41. The molecule has 1 unspecified atom stereocenters. The highest BCUT2D eigenvalue weighted by molar-refractivity contribution is 6.31. The van der Waals surface area contributed by atoms with E-state index in [9.17, 15) is 9.59 Å². The van der Waals surface area contributed by atoms with Crippen LogP contribution in [0.3, 0.4) is 0 Å². The van der Waals surface area contributed by atoms with E-state index in [0.717, 1.165) is 5.56 Å². The number of aromatic nitrogens is 2. The number of hydrogen-bond acceptors (Lipinski definition) is 10. The number of amides is 1. The fourth-order valence-electron chi connectivity index (χ4n) is 4.17. The van der Waals surface area contributed by atoms with Crippen molar-refractivity contribution in [2.45, 2.75) is 19.9 Å². The molecular formula is C27H24ClN7O4. The fourth-order valence-corrected chi connectivity index (χ4v) is 4.50. The van der Waals surface area contributed by atoms with Crippen LogP contribution in [0.1, 0.15) is 34.5 Å². The highest BCUT2D eigenvalue weighted by atomic mass is 35.5. The Balaban J connectivity index is 1.49. The van der Waals surface area contributed by atoms with E-state index < -0.39 is 17.9 Å². The van der Waals surface area contributed by atoms with Crippen LogP contribution in [0.25, 0.3) is 11.1 Å². The number of carbonyl (C=O) groups is 2. The Labute approximate surface area is 228 Å². The molecule has 2 aromatic heterocycles. The number of fused-ring (bicyclic) bond motifs is 1. The quantitative estimate of drug-likeness (QED) is 0.208. The normalized spacial score (nSPS) is 15.0. The second-order valence-electron chi connectivity index (χ2n) is 8.78. The van der Waals surface area contributed by atoms with Crippen LogP contribution in [0.15, 0.2) is 75.4 Å². The first-order valence-electron chi connectivity index (χ1n) is 11.8. The zero-order valence-electron chi connectivity index (χ0n) is 21.2. The minimum Gasteiger partial charge on any atom is -0.465 e. The minimum absolute atomic E-state index is 0.174. The number of nitrogens with one attached hydrogen (secondary N) is 3. The lowest BCUT2D eigenvalue weighted by atomic mass is 9.95. The number of nitrogen functional groups attached to an aromatic ring is 1. The lowest BCUT2D eigenvalue weighted by Crippen LogP contribution is -2.37. The van der Waals surface area contributed by atoms with Crippen molar-refractivity contribution in [2.24, 2.45) is 4.99 Å². The molecule has 0 fully saturated rings. The van der Waals surface area contributed by atoms with Gasteiger partial charge in [-0.3, -0.25) is 10.1 Å². The number of oxazole rings is 1. The maximum atomic E-state index is 13.6. The summed E-state index contributed by atoms with van der Waals surface area (Å²) in [6.45, 7) is 3.66. The van der Waals surface area contributed by atoms with Crippen LogP contribution in [0.2, 0.25) is 5.02 Å². The Kier molecular flexibility index (Phi) is 6.90. The van der Waals surface area contributed by atoms with Gasteiger partial charge >= 0.3 is 12.0 Å². The lowest BCUT2D eigenvalue weighted by Gasteiger charge is -2.27. The van der Waals surface area contributed by atoms with E-state index in [1.807, 2.05) is 19.1 Å². The van der Waals surface area contributed by atoms with Gasteiger partial charge in [0.15, 0.2) is 5.58 Å². The summed E-state index contributed by atoms with van der Waals surface area (Å²) < 4.78 is 10.5. The van der Waals surface area contributed by atoms with Gasteiger partial charge < -0.3 is 25.5 Å². The number of allylic oxidation sites excluding steroid dienone is 1. The average Bonchev–Trinajstić information content (AvgIpc) is 3.31. The van der Waals surface area contributed by atoms with Crippen LogP contribution < -0.4 is 21.7 Å². The van der Waals surface area contributed by atoms with E-state index in [0.29, 0.717) is 44.6 Å². The lowest BCUT2D eigenvalue weighted by molar-refractivity contribution is -0.113. The molecule has 2 aromatic carbocycles. The number of methoxy groups -OCH3 is 1. The molecule has 11 nitrogen and oxygen atoms in total. The van der Waals surface area contributed by atoms with Crippen LogP contribution in [0, 0.1) is 6.92 Å². The number of aliphatic imine (C=N–C) groups is 1. The molecule has 0 saturated heterocycles. The van der Waals surface area contributed by atoms with Gasteiger partial charge in [-0.05, 0) is 49.7 Å². The molecule has 4 aromatic rings. The Morgan fingerprint density at radius 3 is 2.72 bits per heavy atom. The number of benzene rings is 2. The Morgan fingerprint density at radius 2 is 1.97 bits per heavy atom. The molecule has 3 heterocycles. The molecule has 0 spiro atoms. The van der Waals surface area contributed by atoms with Crippen LogP contribution in [-0.2, 0) is 9.53 Å². The predicted octanol–water partition coefficient (Wildman–Crippen LogP) is 4.58. The smallest absolute Gasteiger partial charge is 0.338 e. The number of aryl methyl sites for hydroxylation is 1. The van der Waals surface area contributed by atoms with Crippen molar-refractivity contribution in [2.75, 3.05) is 23.5 Å². The molecule has 1 aliphatic heterocycles. The van der Waals surface area contributed by atoms with Gasteiger partial charge in [-0.1, -0.05) is 29.8 Å². The minimum atomic E-state index is -0.792. The molecule has 39 heavy (non-hydrogen) atoms. The van der Waals surface area contributed by atoms with Crippen molar-refractivity contribution < 1.29 is 18.7 Å². The number of hydrogen-bond donors (Lipinski definition) is 4. The molecule has 1 atom stereocenters. The number of esters is 1. The molecule has 0 aliphatic carbocycles. The molecule has 5 rings (SSSR count). The molecule has 198 valence electrons. The topological polar surface area (TPSA) is 157 Å². The van der Waals surface area contributed by atoms with Gasteiger partial charge in [0.2, 0.25) is 5.96 Å².